The van der Waals surface area contributed by atoms with Crippen LogP contribution in [0.3, 0.4) is 0 Å². The summed E-state index contributed by atoms with van der Waals surface area (Å²) in [5, 5.41) is 3.13. The molecule has 0 aliphatic rings. The number of hydrogen-bond acceptors (Lipinski definition) is 4. The van der Waals surface area contributed by atoms with Crippen molar-refractivity contribution in [2.75, 3.05) is 5.32 Å². The van der Waals surface area contributed by atoms with Crippen LogP contribution in [0.5, 0.6) is 0 Å². The van der Waals surface area contributed by atoms with E-state index in [4.69, 9.17) is 11.6 Å². The van der Waals surface area contributed by atoms with Crippen LogP contribution in [0.15, 0.2) is 18.2 Å². The maximum Gasteiger partial charge on any atom is 0.225 e. The first kappa shape index (κ1) is 14.1. The number of nitrogens with one attached hydrogen (secondary N) is 1. The summed E-state index contributed by atoms with van der Waals surface area (Å²) >= 11 is 7.19. The lowest BCUT2D eigenvalue weighted by Gasteiger charge is -2.08. The maximum absolute atomic E-state index is 13.7. The molecule has 1 N–H and O–H groups in total. The zero-order valence-electron chi connectivity index (χ0n) is 10.5. The zero-order chi connectivity index (χ0) is 15.1. The van der Waals surface area contributed by atoms with Crippen LogP contribution in [-0.2, 0) is 0 Å². The Hall–Kier alpha value is -1.86. The van der Waals surface area contributed by atoms with E-state index in [9.17, 15) is 13.2 Å². The molecule has 2 aromatic heterocycles. The highest BCUT2D eigenvalue weighted by molar-refractivity contribution is 7.18. The third-order valence-electron chi connectivity index (χ3n) is 2.73. The predicted molar refractivity (Wildman–Crippen MR) is 76.8 cm³/mol. The van der Waals surface area contributed by atoms with Crippen LogP contribution < -0.4 is 5.32 Å². The van der Waals surface area contributed by atoms with Crippen molar-refractivity contribution in [1.29, 1.82) is 0 Å². The third kappa shape index (κ3) is 2.66. The van der Waals surface area contributed by atoms with E-state index in [0.29, 0.717) is 16.3 Å². The Bertz CT molecular complexity index is 850. The molecule has 3 nitrogen and oxygen atoms in total. The van der Waals surface area contributed by atoms with Gasteiger partial charge in [0.25, 0.3) is 0 Å². The molecule has 0 radical (unpaired) electrons. The number of thiophene rings is 1. The van der Waals surface area contributed by atoms with Crippen molar-refractivity contribution in [2.45, 2.75) is 6.92 Å². The third-order valence-corrected chi connectivity index (χ3v) is 3.85. The van der Waals surface area contributed by atoms with Gasteiger partial charge in [0.1, 0.15) is 16.5 Å². The van der Waals surface area contributed by atoms with Gasteiger partial charge in [-0.25, -0.2) is 18.2 Å². The molecule has 0 spiro atoms. The highest BCUT2D eigenvalue weighted by Gasteiger charge is 2.15. The van der Waals surface area contributed by atoms with E-state index in [1.807, 2.05) is 6.92 Å². The Kier molecular flexibility index (Phi) is 3.46. The molecule has 0 bridgehead atoms. The number of fused-ring (bicyclic) bond motifs is 1. The van der Waals surface area contributed by atoms with Gasteiger partial charge >= 0.3 is 0 Å². The number of rotatable bonds is 2. The molecule has 21 heavy (non-hydrogen) atoms. The summed E-state index contributed by atoms with van der Waals surface area (Å²) in [6.07, 6.45) is 0. The van der Waals surface area contributed by atoms with Crippen LogP contribution in [0.1, 0.15) is 4.88 Å². The van der Waals surface area contributed by atoms with Gasteiger partial charge < -0.3 is 5.32 Å². The lowest BCUT2D eigenvalue weighted by molar-refractivity contribution is 0.498. The van der Waals surface area contributed by atoms with Crippen molar-refractivity contribution in [3.8, 4) is 0 Å². The molecular formula is C13H7ClF3N3S. The molecule has 8 heteroatoms. The molecule has 0 amide bonds. The molecule has 0 fully saturated rings. The topological polar surface area (TPSA) is 37.8 Å². The molecule has 0 aliphatic carbocycles. The second-order valence-corrected chi connectivity index (χ2v) is 5.86. The second-order valence-electron chi connectivity index (χ2n) is 4.29. The van der Waals surface area contributed by atoms with Crippen molar-refractivity contribution in [2.24, 2.45) is 0 Å². The summed E-state index contributed by atoms with van der Waals surface area (Å²) < 4.78 is 40.1. The Morgan fingerprint density at radius 3 is 2.67 bits per heavy atom. The fourth-order valence-electron chi connectivity index (χ4n) is 1.89. The van der Waals surface area contributed by atoms with Crippen LogP contribution in [0, 0.1) is 24.4 Å². The van der Waals surface area contributed by atoms with Gasteiger partial charge in [0.15, 0.2) is 11.6 Å². The van der Waals surface area contributed by atoms with Crippen molar-refractivity contribution in [3.63, 3.8) is 0 Å². The van der Waals surface area contributed by atoms with Gasteiger partial charge in [0.2, 0.25) is 5.28 Å². The average molecular weight is 330 g/mol. The average Bonchev–Trinajstić information content (AvgIpc) is 2.75. The largest absolute Gasteiger partial charge is 0.337 e. The minimum Gasteiger partial charge on any atom is -0.337 e. The molecule has 0 unspecified atom stereocenters. The van der Waals surface area contributed by atoms with E-state index in [-0.39, 0.29) is 16.8 Å². The molecule has 0 aliphatic heterocycles. The molecule has 1 aromatic carbocycles. The summed E-state index contributed by atoms with van der Waals surface area (Å²) in [6, 6.07) is 3.10. The molecule has 0 atom stereocenters. The predicted octanol–water partition coefficient (Wildman–Crippen LogP) is 4.81. The molecule has 3 rings (SSSR count). The van der Waals surface area contributed by atoms with Crippen molar-refractivity contribution < 1.29 is 13.2 Å². The Morgan fingerprint density at radius 2 is 1.90 bits per heavy atom. The molecule has 0 saturated carbocycles. The standard InChI is InChI=1S/C13H7ClF3N3S/c1-5-2-7-11(19-13(14)20-12(7)21-5)18-9-4-6(15)3-8(16)10(9)17/h2-4H,1H3,(H,18,19,20). The van der Waals surface area contributed by atoms with Gasteiger partial charge in [0.05, 0.1) is 11.1 Å². The zero-order valence-corrected chi connectivity index (χ0v) is 12.1. The van der Waals surface area contributed by atoms with E-state index in [0.717, 1.165) is 10.9 Å². The van der Waals surface area contributed by atoms with Crippen molar-refractivity contribution in [3.05, 3.63) is 45.8 Å². The molecule has 108 valence electrons. The monoisotopic (exact) mass is 329 g/mol. The van der Waals surface area contributed by atoms with E-state index < -0.39 is 17.5 Å². The second kappa shape index (κ2) is 5.16. The van der Waals surface area contributed by atoms with Crippen LogP contribution in [0.2, 0.25) is 5.28 Å². The first-order chi connectivity index (χ1) is 9.94. The van der Waals surface area contributed by atoms with Gasteiger partial charge in [0, 0.05) is 17.0 Å². The Labute approximate surface area is 126 Å². The van der Waals surface area contributed by atoms with Crippen LogP contribution in [0.25, 0.3) is 10.2 Å². The quantitative estimate of drug-likeness (QED) is 0.541. The highest BCUT2D eigenvalue weighted by Crippen LogP contribution is 2.32. The van der Waals surface area contributed by atoms with E-state index in [1.165, 1.54) is 11.3 Å². The number of nitrogens with zero attached hydrogens (tertiary/aromatic N) is 2. The van der Waals surface area contributed by atoms with Gasteiger partial charge in [-0.2, -0.15) is 4.98 Å². The molecule has 0 saturated heterocycles. The smallest absolute Gasteiger partial charge is 0.225 e. The summed E-state index contributed by atoms with van der Waals surface area (Å²) in [5.74, 6) is -3.17. The van der Waals surface area contributed by atoms with Crippen molar-refractivity contribution in [1.82, 2.24) is 9.97 Å². The normalized spacial score (nSPS) is 11.1. The fraction of sp³-hybridized carbons (Fsp3) is 0.0769. The SMILES string of the molecule is Cc1cc2c(Nc3cc(F)cc(F)c3F)nc(Cl)nc2s1. The summed E-state index contributed by atoms with van der Waals surface area (Å²) in [7, 11) is 0. The summed E-state index contributed by atoms with van der Waals surface area (Å²) in [6.45, 7) is 1.87. The van der Waals surface area contributed by atoms with Crippen LogP contribution >= 0.6 is 22.9 Å². The summed E-state index contributed by atoms with van der Waals surface area (Å²) in [5.41, 5.74) is -0.354. The lowest BCUT2D eigenvalue weighted by atomic mass is 10.2. The van der Waals surface area contributed by atoms with E-state index in [2.05, 4.69) is 15.3 Å². The fourth-order valence-corrected chi connectivity index (χ4v) is 2.98. The number of anilines is 2. The lowest BCUT2D eigenvalue weighted by Crippen LogP contribution is -2.00. The first-order valence-electron chi connectivity index (χ1n) is 5.79. The Balaban J connectivity index is 2.14. The number of aryl methyl sites for hydroxylation is 1. The van der Waals surface area contributed by atoms with Crippen LogP contribution in [0.4, 0.5) is 24.7 Å². The number of aromatic nitrogens is 2. The highest BCUT2D eigenvalue weighted by atomic mass is 35.5. The molecule has 3 aromatic rings. The number of hydrogen-bond donors (Lipinski definition) is 1. The first-order valence-corrected chi connectivity index (χ1v) is 6.99. The molecular weight excluding hydrogens is 323 g/mol. The minimum atomic E-state index is -1.28. The van der Waals surface area contributed by atoms with Gasteiger partial charge in [-0.15, -0.1) is 11.3 Å². The number of halogens is 4. The van der Waals surface area contributed by atoms with E-state index in [1.54, 1.807) is 6.07 Å². The van der Waals surface area contributed by atoms with Gasteiger partial charge in [-0.05, 0) is 24.6 Å². The van der Waals surface area contributed by atoms with Gasteiger partial charge in [-0.3, -0.25) is 0 Å². The number of benzene rings is 1. The van der Waals surface area contributed by atoms with Crippen LogP contribution in [-0.4, -0.2) is 9.97 Å². The Morgan fingerprint density at radius 1 is 1.14 bits per heavy atom. The maximum atomic E-state index is 13.7. The van der Waals surface area contributed by atoms with Crippen molar-refractivity contribution >= 4 is 44.7 Å². The van der Waals surface area contributed by atoms with Gasteiger partial charge in [-0.1, -0.05) is 0 Å². The molecule has 2 heterocycles. The summed E-state index contributed by atoms with van der Waals surface area (Å²) in [4.78, 5) is 9.55. The minimum absolute atomic E-state index is 0.0378. The van der Waals surface area contributed by atoms with E-state index >= 15 is 0 Å².